The molecule has 134 valence electrons. The molecule has 0 bridgehead atoms. The molecule has 1 aliphatic heterocycles. The third kappa shape index (κ3) is 4.52. The highest BCUT2D eigenvalue weighted by Gasteiger charge is 2.36. The molecule has 1 saturated carbocycles. The average molecular weight is 379 g/mol. The van der Waals surface area contributed by atoms with Gasteiger partial charge in [-0.25, -0.2) is 4.99 Å². The summed E-state index contributed by atoms with van der Waals surface area (Å²) in [4.78, 5) is 32.0. The van der Waals surface area contributed by atoms with Gasteiger partial charge in [0.15, 0.2) is 5.17 Å². The minimum Gasteiger partial charge on any atom is -0.465 e. The number of rotatable bonds is 5. The summed E-state index contributed by atoms with van der Waals surface area (Å²) in [6.45, 7) is 2.15. The smallest absolute Gasteiger partial charge is 0.316 e. The molecule has 2 aliphatic rings. The van der Waals surface area contributed by atoms with Gasteiger partial charge in [-0.3, -0.25) is 14.5 Å². The first-order valence-corrected chi connectivity index (χ1v) is 10.5. The van der Waals surface area contributed by atoms with Crippen LogP contribution in [0.15, 0.2) is 28.2 Å². The van der Waals surface area contributed by atoms with E-state index in [0.29, 0.717) is 17.5 Å². The Bertz CT molecular complexity index is 677. The zero-order chi connectivity index (χ0) is 17.6. The van der Waals surface area contributed by atoms with Crippen molar-refractivity contribution in [1.29, 1.82) is 0 Å². The predicted octanol–water partition coefficient (Wildman–Crippen LogP) is 3.92. The van der Waals surface area contributed by atoms with Crippen molar-refractivity contribution in [1.82, 2.24) is 4.90 Å². The van der Waals surface area contributed by atoms with E-state index in [-0.39, 0.29) is 23.7 Å². The molecule has 3 rings (SSSR count). The number of thioether (sulfide) groups is 1. The molecule has 1 aromatic rings. The molecule has 25 heavy (non-hydrogen) atoms. The number of nitrogens with zero attached hydrogens (tertiary/aromatic N) is 2. The fourth-order valence-electron chi connectivity index (χ4n) is 3.11. The molecule has 5 nitrogen and oxygen atoms in total. The van der Waals surface area contributed by atoms with E-state index in [0.717, 1.165) is 30.6 Å². The first-order valence-electron chi connectivity index (χ1n) is 8.65. The van der Waals surface area contributed by atoms with E-state index in [2.05, 4.69) is 4.99 Å². The number of carbonyl (C=O) groups is 2. The lowest BCUT2D eigenvalue weighted by Crippen LogP contribution is -2.41. The molecule has 0 spiro atoms. The molecule has 0 radical (unpaired) electrons. The normalized spacial score (nSPS) is 20.2. The lowest BCUT2D eigenvalue weighted by molar-refractivity contribution is -0.139. The Kier molecular flexibility index (Phi) is 6.31. The largest absolute Gasteiger partial charge is 0.465 e. The first kappa shape index (κ1) is 18.2. The second-order valence-corrected chi connectivity index (χ2v) is 7.92. The van der Waals surface area contributed by atoms with Gasteiger partial charge in [0.25, 0.3) is 5.91 Å². The number of hydrogen-bond acceptors (Lipinski definition) is 6. The molecule has 1 amide bonds. The summed E-state index contributed by atoms with van der Waals surface area (Å²) in [7, 11) is 0. The van der Waals surface area contributed by atoms with Crippen LogP contribution in [0.2, 0.25) is 0 Å². The Balaban J connectivity index is 1.79. The van der Waals surface area contributed by atoms with Gasteiger partial charge >= 0.3 is 5.97 Å². The lowest BCUT2D eigenvalue weighted by atomic mass is 9.94. The van der Waals surface area contributed by atoms with E-state index >= 15 is 0 Å². The van der Waals surface area contributed by atoms with Gasteiger partial charge in [0, 0.05) is 10.9 Å². The van der Waals surface area contributed by atoms with Crippen molar-refractivity contribution in [3.63, 3.8) is 0 Å². The highest BCUT2D eigenvalue weighted by Crippen LogP contribution is 2.32. The molecular weight excluding hydrogens is 356 g/mol. The molecule has 7 heteroatoms. The van der Waals surface area contributed by atoms with Gasteiger partial charge in [0.1, 0.15) is 5.70 Å². The summed E-state index contributed by atoms with van der Waals surface area (Å²) in [5.41, 5.74) is 0.458. The zero-order valence-electron chi connectivity index (χ0n) is 14.3. The summed E-state index contributed by atoms with van der Waals surface area (Å²) in [5, 5.41) is 2.61. The topological polar surface area (TPSA) is 59.0 Å². The van der Waals surface area contributed by atoms with Crippen LogP contribution in [0.1, 0.15) is 43.9 Å². The van der Waals surface area contributed by atoms with Crippen LogP contribution in [0.25, 0.3) is 6.08 Å². The number of thiophene rings is 1. The van der Waals surface area contributed by atoms with Crippen LogP contribution < -0.4 is 0 Å². The Morgan fingerprint density at radius 3 is 2.92 bits per heavy atom. The van der Waals surface area contributed by atoms with Crippen LogP contribution in [-0.4, -0.2) is 40.3 Å². The maximum Gasteiger partial charge on any atom is 0.316 e. The highest BCUT2D eigenvalue weighted by atomic mass is 32.2. The van der Waals surface area contributed by atoms with Crippen molar-refractivity contribution in [3.8, 4) is 0 Å². The summed E-state index contributed by atoms with van der Waals surface area (Å²) >= 11 is 2.87. The first-order chi connectivity index (χ1) is 12.2. The Morgan fingerprint density at radius 1 is 1.44 bits per heavy atom. The monoisotopic (exact) mass is 378 g/mol. The standard InChI is InChI=1S/C18H22N2O3S2/c1-2-23-16(21)12-25-18-19-15(11-14-9-6-10-24-14)17(22)20(18)13-7-4-3-5-8-13/h6,9-11,13H,2-5,7-8,12H2,1H3. The molecule has 0 N–H and O–H groups in total. The van der Waals surface area contributed by atoms with Gasteiger partial charge in [0.2, 0.25) is 0 Å². The van der Waals surface area contributed by atoms with Crippen LogP contribution >= 0.6 is 23.1 Å². The van der Waals surface area contributed by atoms with E-state index < -0.39 is 0 Å². The van der Waals surface area contributed by atoms with Crippen LogP contribution in [0.5, 0.6) is 0 Å². The third-order valence-electron chi connectivity index (χ3n) is 4.25. The minimum atomic E-state index is -0.276. The van der Waals surface area contributed by atoms with Crippen molar-refractivity contribution in [2.24, 2.45) is 4.99 Å². The lowest BCUT2D eigenvalue weighted by Gasteiger charge is -2.31. The van der Waals surface area contributed by atoms with Crippen molar-refractivity contribution >= 4 is 46.2 Å². The van der Waals surface area contributed by atoms with E-state index in [1.165, 1.54) is 18.2 Å². The van der Waals surface area contributed by atoms with Crippen LogP contribution in [0.3, 0.4) is 0 Å². The van der Waals surface area contributed by atoms with Gasteiger partial charge in [-0.05, 0) is 37.3 Å². The third-order valence-corrected chi connectivity index (χ3v) is 5.99. The molecule has 0 saturated heterocycles. The van der Waals surface area contributed by atoms with Crippen molar-refractivity contribution < 1.29 is 14.3 Å². The highest BCUT2D eigenvalue weighted by molar-refractivity contribution is 8.14. The summed E-state index contributed by atoms with van der Waals surface area (Å²) in [6.07, 6.45) is 7.32. The maximum absolute atomic E-state index is 12.9. The van der Waals surface area contributed by atoms with Gasteiger partial charge in [-0.2, -0.15) is 0 Å². The van der Waals surface area contributed by atoms with Crippen molar-refractivity contribution in [2.45, 2.75) is 45.1 Å². The SMILES string of the molecule is CCOC(=O)CSC1=NC(=Cc2cccs2)C(=O)N1C1CCCCC1. The van der Waals surface area contributed by atoms with Crippen LogP contribution in [-0.2, 0) is 14.3 Å². The number of aliphatic imine (C=N–C) groups is 1. The quantitative estimate of drug-likeness (QED) is 0.576. The zero-order valence-corrected chi connectivity index (χ0v) is 15.9. The van der Waals surface area contributed by atoms with E-state index in [1.807, 2.05) is 28.5 Å². The number of ether oxygens (including phenoxy) is 1. The Morgan fingerprint density at radius 2 is 2.24 bits per heavy atom. The molecule has 2 heterocycles. The molecule has 1 aromatic heterocycles. The van der Waals surface area contributed by atoms with Crippen molar-refractivity contribution in [3.05, 3.63) is 28.1 Å². The molecule has 0 unspecified atom stereocenters. The van der Waals surface area contributed by atoms with E-state index in [9.17, 15) is 9.59 Å². The summed E-state index contributed by atoms with van der Waals surface area (Å²) in [5.74, 6) is -0.149. The van der Waals surface area contributed by atoms with Gasteiger partial charge < -0.3 is 4.74 Å². The fourth-order valence-corrected chi connectivity index (χ4v) is 4.62. The average Bonchev–Trinajstić information content (AvgIpc) is 3.23. The number of amides is 1. The second-order valence-electron chi connectivity index (χ2n) is 6.00. The number of esters is 1. The molecule has 0 aromatic carbocycles. The molecular formula is C18H22N2O3S2. The second kappa shape index (κ2) is 8.67. The van der Waals surface area contributed by atoms with Gasteiger partial charge in [-0.15, -0.1) is 11.3 Å². The van der Waals surface area contributed by atoms with Gasteiger partial charge in [-0.1, -0.05) is 37.1 Å². The maximum atomic E-state index is 12.9. The van der Waals surface area contributed by atoms with Crippen LogP contribution in [0, 0.1) is 0 Å². The van der Waals surface area contributed by atoms with Gasteiger partial charge in [0.05, 0.1) is 12.4 Å². The minimum absolute atomic E-state index is 0.0494. The molecule has 1 fully saturated rings. The predicted molar refractivity (Wildman–Crippen MR) is 103 cm³/mol. The van der Waals surface area contributed by atoms with Crippen molar-refractivity contribution in [2.75, 3.05) is 12.4 Å². The fraction of sp³-hybridized carbons (Fsp3) is 0.500. The number of amidine groups is 1. The summed E-state index contributed by atoms with van der Waals surface area (Å²) < 4.78 is 4.99. The molecule has 0 atom stereocenters. The Labute approximate surface area is 156 Å². The number of hydrogen-bond donors (Lipinski definition) is 0. The summed E-state index contributed by atoms with van der Waals surface area (Å²) in [6, 6.07) is 4.11. The Hall–Kier alpha value is -1.60. The van der Waals surface area contributed by atoms with Crippen LogP contribution in [0.4, 0.5) is 0 Å². The molecule has 1 aliphatic carbocycles. The number of carbonyl (C=O) groups excluding carboxylic acids is 2. The van der Waals surface area contributed by atoms with E-state index in [4.69, 9.17) is 4.74 Å². The van der Waals surface area contributed by atoms with E-state index in [1.54, 1.807) is 18.3 Å².